The maximum absolute atomic E-state index is 10.4. The fraction of sp³-hybridized carbons (Fsp3) is 0.417. The van der Waals surface area contributed by atoms with Crippen LogP contribution in [0.5, 0.6) is 0 Å². The summed E-state index contributed by atoms with van der Waals surface area (Å²) in [4.78, 5) is 10.4. The van der Waals surface area contributed by atoms with Crippen LogP contribution < -0.4 is 11.5 Å². The van der Waals surface area contributed by atoms with Crippen LogP contribution in [0.2, 0.25) is 0 Å². The average molecular weight is 238 g/mol. The van der Waals surface area contributed by atoms with Crippen LogP contribution >= 0.6 is 0 Å². The molecule has 0 fully saturated rings. The summed E-state index contributed by atoms with van der Waals surface area (Å²) in [5, 5.41) is 0. The Balaban J connectivity index is 2.29. The molecule has 1 amide bonds. The van der Waals surface area contributed by atoms with Gasteiger partial charge in [0.2, 0.25) is 0 Å². The summed E-state index contributed by atoms with van der Waals surface area (Å²) >= 11 is 0. The lowest BCUT2D eigenvalue weighted by Gasteiger charge is -2.19. The van der Waals surface area contributed by atoms with Crippen LogP contribution in [0.4, 0.5) is 4.79 Å². The SMILES string of the molecule is CC(OCc1ccccc1)[C@@H](N)COC(N)=O. The van der Waals surface area contributed by atoms with E-state index < -0.39 is 6.09 Å². The number of primary amides is 1. The topological polar surface area (TPSA) is 87.6 Å². The second-order valence-corrected chi connectivity index (χ2v) is 3.80. The van der Waals surface area contributed by atoms with Crippen LogP contribution in [0.1, 0.15) is 12.5 Å². The fourth-order valence-electron chi connectivity index (χ4n) is 1.24. The van der Waals surface area contributed by atoms with Gasteiger partial charge in [-0.3, -0.25) is 0 Å². The zero-order valence-corrected chi connectivity index (χ0v) is 9.84. The van der Waals surface area contributed by atoms with Gasteiger partial charge in [-0.25, -0.2) is 4.79 Å². The molecule has 0 aliphatic carbocycles. The summed E-state index contributed by atoms with van der Waals surface area (Å²) in [5.41, 5.74) is 11.7. The molecule has 0 radical (unpaired) electrons. The van der Waals surface area contributed by atoms with E-state index in [1.54, 1.807) is 0 Å². The molecule has 1 unspecified atom stereocenters. The van der Waals surface area contributed by atoms with Gasteiger partial charge in [0.1, 0.15) is 6.61 Å². The van der Waals surface area contributed by atoms with Crippen LogP contribution in [-0.4, -0.2) is 24.8 Å². The van der Waals surface area contributed by atoms with E-state index in [0.29, 0.717) is 6.61 Å². The van der Waals surface area contributed by atoms with Crippen LogP contribution in [-0.2, 0) is 16.1 Å². The Bertz CT molecular complexity index is 343. The van der Waals surface area contributed by atoms with Gasteiger partial charge >= 0.3 is 6.09 Å². The van der Waals surface area contributed by atoms with E-state index >= 15 is 0 Å². The van der Waals surface area contributed by atoms with E-state index in [1.165, 1.54) is 0 Å². The Morgan fingerprint density at radius 3 is 2.59 bits per heavy atom. The van der Waals surface area contributed by atoms with E-state index in [0.717, 1.165) is 5.56 Å². The monoisotopic (exact) mass is 238 g/mol. The number of carbonyl (C=O) groups is 1. The number of hydrogen-bond acceptors (Lipinski definition) is 4. The van der Waals surface area contributed by atoms with Crippen molar-refractivity contribution in [3.05, 3.63) is 35.9 Å². The molecule has 1 rings (SSSR count). The maximum atomic E-state index is 10.4. The quantitative estimate of drug-likeness (QED) is 0.774. The van der Waals surface area contributed by atoms with E-state index in [2.05, 4.69) is 4.74 Å². The number of hydrogen-bond donors (Lipinski definition) is 2. The first kappa shape index (κ1) is 13.5. The van der Waals surface area contributed by atoms with Crippen molar-refractivity contribution in [1.29, 1.82) is 0 Å². The smallest absolute Gasteiger partial charge is 0.404 e. The Labute approximate surface area is 101 Å². The van der Waals surface area contributed by atoms with Crippen molar-refractivity contribution in [2.75, 3.05) is 6.61 Å². The highest BCUT2D eigenvalue weighted by atomic mass is 16.5. The van der Waals surface area contributed by atoms with Gasteiger partial charge in [0, 0.05) is 0 Å². The van der Waals surface area contributed by atoms with Crippen molar-refractivity contribution in [2.24, 2.45) is 11.5 Å². The Hall–Kier alpha value is -1.59. The lowest BCUT2D eigenvalue weighted by atomic mass is 10.2. The second kappa shape index (κ2) is 6.88. The highest BCUT2D eigenvalue weighted by molar-refractivity contribution is 5.64. The van der Waals surface area contributed by atoms with Gasteiger partial charge in [-0.1, -0.05) is 30.3 Å². The lowest BCUT2D eigenvalue weighted by Crippen LogP contribution is -2.39. The number of nitrogens with two attached hydrogens (primary N) is 2. The number of ether oxygens (including phenoxy) is 2. The largest absolute Gasteiger partial charge is 0.448 e. The van der Waals surface area contributed by atoms with Crippen molar-refractivity contribution < 1.29 is 14.3 Å². The number of amides is 1. The van der Waals surface area contributed by atoms with Crippen LogP contribution in [0.15, 0.2) is 30.3 Å². The molecular weight excluding hydrogens is 220 g/mol. The Kier molecular flexibility index (Phi) is 5.45. The minimum Gasteiger partial charge on any atom is -0.448 e. The molecule has 0 aromatic heterocycles. The molecule has 0 heterocycles. The van der Waals surface area contributed by atoms with Crippen LogP contribution in [0.25, 0.3) is 0 Å². The van der Waals surface area contributed by atoms with Crippen molar-refractivity contribution in [2.45, 2.75) is 25.7 Å². The molecule has 0 bridgehead atoms. The molecule has 0 spiro atoms. The molecular formula is C12H18N2O3. The first-order valence-electron chi connectivity index (χ1n) is 5.43. The Morgan fingerprint density at radius 1 is 1.35 bits per heavy atom. The zero-order chi connectivity index (χ0) is 12.7. The van der Waals surface area contributed by atoms with E-state index in [9.17, 15) is 4.79 Å². The van der Waals surface area contributed by atoms with E-state index in [-0.39, 0.29) is 18.8 Å². The number of benzene rings is 1. The molecule has 5 nitrogen and oxygen atoms in total. The third-order valence-electron chi connectivity index (χ3n) is 2.38. The van der Waals surface area contributed by atoms with E-state index in [4.69, 9.17) is 16.2 Å². The van der Waals surface area contributed by atoms with Crippen molar-refractivity contribution in [3.8, 4) is 0 Å². The maximum Gasteiger partial charge on any atom is 0.404 e. The summed E-state index contributed by atoms with van der Waals surface area (Å²) in [6, 6.07) is 9.39. The summed E-state index contributed by atoms with van der Waals surface area (Å²) in [7, 11) is 0. The molecule has 0 aliphatic rings. The van der Waals surface area contributed by atoms with Gasteiger partial charge in [0.05, 0.1) is 18.8 Å². The Morgan fingerprint density at radius 2 is 2.00 bits per heavy atom. The molecule has 17 heavy (non-hydrogen) atoms. The molecule has 1 aromatic carbocycles. The first-order valence-corrected chi connectivity index (χ1v) is 5.43. The van der Waals surface area contributed by atoms with Crippen molar-refractivity contribution in [3.63, 3.8) is 0 Å². The second-order valence-electron chi connectivity index (χ2n) is 3.80. The molecule has 0 saturated carbocycles. The number of rotatable bonds is 6. The van der Waals surface area contributed by atoms with Crippen molar-refractivity contribution >= 4 is 6.09 Å². The lowest BCUT2D eigenvalue weighted by molar-refractivity contribution is 0.0196. The normalized spacial score (nSPS) is 14.0. The average Bonchev–Trinajstić information content (AvgIpc) is 2.34. The van der Waals surface area contributed by atoms with Gasteiger partial charge in [-0.2, -0.15) is 0 Å². The molecule has 2 atom stereocenters. The molecule has 94 valence electrons. The minimum atomic E-state index is -0.823. The van der Waals surface area contributed by atoms with Crippen molar-refractivity contribution in [1.82, 2.24) is 0 Å². The fourth-order valence-corrected chi connectivity index (χ4v) is 1.24. The van der Waals surface area contributed by atoms with Gasteiger partial charge in [0.15, 0.2) is 0 Å². The summed E-state index contributed by atoms with van der Waals surface area (Å²) < 4.78 is 10.2. The number of carbonyl (C=O) groups excluding carboxylic acids is 1. The van der Waals surface area contributed by atoms with Crippen LogP contribution in [0.3, 0.4) is 0 Å². The molecule has 5 heteroatoms. The van der Waals surface area contributed by atoms with Gasteiger partial charge < -0.3 is 20.9 Å². The predicted molar refractivity (Wildman–Crippen MR) is 64.2 cm³/mol. The molecule has 0 saturated heterocycles. The summed E-state index contributed by atoms with van der Waals surface area (Å²) in [5.74, 6) is 0. The van der Waals surface area contributed by atoms with Crippen LogP contribution in [0, 0.1) is 0 Å². The van der Waals surface area contributed by atoms with Gasteiger partial charge in [0.25, 0.3) is 0 Å². The minimum absolute atomic E-state index is 0.0608. The summed E-state index contributed by atoms with van der Waals surface area (Å²) in [6.07, 6.45) is -1.04. The third-order valence-corrected chi connectivity index (χ3v) is 2.38. The first-order chi connectivity index (χ1) is 8.09. The highest BCUT2D eigenvalue weighted by Gasteiger charge is 2.14. The molecule has 4 N–H and O–H groups in total. The van der Waals surface area contributed by atoms with Gasteiger partial charge in [-0.05, 0) is 12.5 Å². The molecule has 1 aromatic rings. The zero-order valence-electron chi connectivity index (χ0n) is 9.84. The standard InChI is InChI=1S/C12H18N2O3/c1-9(11(13)8-17-12(14)15)16-7-10-5-3-2-4-6-10/h2-6,9,11H,7-8,13H2,1H3,(H2,14,15)/t9?,11-/m0/s1. The predicted octanol–water partition coefficient (Wildman–Crippen LogP) is 1.01. The van der Waals surface area contributed by atoms with E-state index in [1.807, 2.05) is 37.3 Å². The summed E-state index contributed by atoms with van der Waals surface area (Å²) in [6.45, 7) is 2.37. The third kappa shape index (κ3) is 5.33. The van der Waals surface area contributed by atoms with Gasteiger partial charge in [-0.15, -0.1) is 0 Å². The highest BCUT2D eigenvalue weighted by Crippen LogP contribution is 2.05. The molecule has 0 aliphatic heterocycles.